The largest absolute Gasteiger partial charge is 0.388 e. The minimum Gasteiger partial charge on any atom is -0.388 e. The monoisotopic (exact) mass is 270 g/mol. The molecule has 0 aliphatic carbocycles. The normalized spacial score (nSPS) is 14.0. The second-order valence-corrected chi connectivity index (χ2v) is 5.02. The molecule has 2 unspecified atom stereocenters. The molecule has 2 atom stereocenters. The van der Waals surface area contributed by atoms with Gasteiger partial charge in [0.1, 0.15) is 0 Å². The fourth-order valence-electron chi connectivity index (χ4n) is 2.51. The standard InChI is InChI=1S/C18H22O2/c1-3-17(19)15-11-7-5-9-13(15)14-10-6-8-12-16(14)18(20)4-2/h5-12,17-20H,3-4H2,1-2H3. The van der Waals surface area contributed by atoms with Crippen molar-refractivity contribution in [1.82, 2.24) is 0 Å². The summed E-state index contributed by atoms with van der Waals surface area (Å²) in [5, 5.41) is 20.4. The number of rotatable bonds is 5. The molecule has 2 N–H and O–H groups in total. The Hall–Kier alpha value is -1.64. The van der Waals surface area contributed by atoms with E-state index in [2.05, 4.69) is 0 Å². The van der Waals surface area contributed by atoms with E-state index >= 15 is 0 Å². The van der Waals surface area contributed by atoms with Crippen molar-refractivity contribution in [2.45, 2.75) is 38.9 Å². The Bertz CT molecular complexity index is 511. The first kappa shape index (κ1) is 14.8. The second kappa shape index (κ2) is 6.69. The van der Waals surface area contributed by atoms with E-state index < -0.39 is 12.2 Å². The lowest BCUT2D eigenvalue weighted by atomic mass is 9.90. The van der Waals surface area contributed by atoms with Crippen LogP contribution in [0.3, 0.4) is 0 Å². The summed E-state index contributed by atoms with van der Waals surface area (Å²) in [6.07, 6.45) is 0.404. The Morgan fingerprint density at radius 1 is 0.700 bits per heavy atom. The van der Waals surface area contributed by atoms with Gasteiger partial charge in [0.15, 0.2) is 0 Å². The topological polar surface area (TPSA) is 40.5 Å². The molecule has 0 radical (unpaired) electrons. The Kier molecular flexibility index (Phi) is 4.94. The Morgan fingerprint density at radius 2 is 1.05 bits per heavy atom. The Labute approximate surface area is 120 Å². The van der Waals surface area contributed by atoms with E-state index in [1.54, 1.807) is 0 Å². The van der Waals surface area contributed by atoms with E-state index in [4.69, 9.17) is 0 Å². The predicted molar refractivity (Wildman–Crippen MR) is 82.4 cm³/mol. The van der Waals surface area contributed by atoms with Crippen LogP contribution in [0.1, 0.15) is 50.0 Å². The van der Waals surface area contributed by atoms with Crippen LogP contribution in [0.25, 0.3) is 11.1 Å². The molecule has 2 aromatic rings. The van der Waals surface area contributed by atoms with Gasteiger partial charge in [0.05, 0.1) is 12.2 Å². The van der Waals surface area contributed by atoms with Gasteiger partial charge in [-0.3, -0.25) is 0 Å². The van der Waals surface area contributed by atoms with Crippen molar-refractivity contribution in [3.8, 4) is 11.1 Å². The molecular formula is C18H22O2. The second-order valence-electron chi connectivity index (χ2n) is 5.02. The van der Waals surface area contributed by atoms with Crippen molar-refractivity contribution in [3.05, 3.63) is 59.7 Å². The molecule has 0 bridgehead atoms. The first-order chi connectivity index (χ1) is 9.69. The van der Waals surface area contributed by atoms with Crippen LogP contribution >= 0.6 is 0 Å². The summed E-state index contributed by atoms with van der Waals surface area (Å²) in [6.45, 7) is 3.93. The molecule has 0 spiro atoms. The van der Waals surface area contributed by atoms with Gasteiger partial charge in [-0.1, -0.05) is 62.4 Å². The lowest BCUT2D eigenvalue weighted by molar-refractivity contribution is 0.172. The van der Waals surface area contributed by atoms with E-state index in [1.807, 2.05) is 62.4 Å². The number of benzene rings is 2. The number of aliphatic hydroxyl groups is 2. The molecule has 0 amide bonds. The third-order valence-electron chi connectivity index (χ3n) is 3.70. The van der Waals surface area contributed by atoms with Crippen molar-refractivity contribution in [3.63, 3.8) is 0 Å². The van der Waals surface area contributed by atoms with Crippen molar-refractivity contribution >= 4 is 0 Å². The van der Waals surface area contributed by atoms with Crippen molar-refractivity contribution < 1.29 is 10.2 Å². The fourth-order valence-corrected chi connectivity index (χ4v) is 2.51. The van der Waals surface area contributed by atoms with Crippen LogP contribution < -0.4 is 0 Å². The lowest BCUT2D eigenvalue weighted by Gasteiger charge is -2.19. The minimum absolute atomic E-state index is 0.474. The molecule has 106 valence electrons. The van der Waals surface area contributed by atoms with Crippen LogP contribution in [-0.2, 0) is 0 Å². The average molecular weight is 270 g/mol. The van der Waals surface area contributed by atoms with Gasteiger partial charge in [-0.15, -0.1) is 0 Å². The van der Waals surface area contributed by atoms with E-state index in [0.29, 0.717) is 12.8 Å². The molecule has 0 aliphatic heterocycles. The average Bonchev–Trinajstić information content (AvgIpc) is 2.53. The fraction of sp³-hybridized carbons (Fsp3) is 0.333. The van der Waals surface area contributed by atoms with Gasteiger partial charge in [0.2, 0.25) is 0 Å². The molecule has 2 aromatic carbocycles. The quantitative estimate of drug-likeness (QED) is 0.853. The molecule has 0 saturated carbocycles. The van der Waals surface area contributed by atoms with E-state index in [9.17, 15) is 10.2 Å². The van der Waals surface area contributed by atoms with Crippen LogP contribution in [0.2, 0.25) is 0 Å². The van der Waals surface area contributed by atoms with Gasteiger partial charge in [-0.2, -0.15) is 0 Å². The van der Waals surface area contributed by atoms with Crippen molar-refractivity contribution in [1.29, 1.82) is 0 Å². The van der Waals surface area contributed by atoms with Crippen LogP contribution in [-0.4, -0.2) is 10.2 Å². The SMILES string of the molecule is CCC(O)c1ccccc1-c1ccccc1C(O)CC. The Morgan fingerprint density at radius 3 is 1.40 bits per heavy atom. The van der Waals surface area contributed by atoms with Crippen LogP contribution in [0, 0.1) is 0 Å². The van der Waals surface area contributed by atoms with Gasteiger partial charge in [-0.05, 0) is 35.1 Å². The zero-order valence-corrected chi connectivity index (χ0v) is 12.1. The summed E-state index contributed by atoms with van der Waals surface area (Å²) in [5.41, 5.74) is 3.85. The van der Waals surface area contributed by atoms with E-state index in [-0.39, 0.29) is 0 Å². The molecule has 0 fully saturated rings. The summed E-state index contributed by atoms with van der Waals surface area (Å²) in [4.78, 5) is 0. The highest BCUT2D eigenvalue weighted by atomic mass is 16.3. The van der Waals surface area contributed by atoms with Gasteiger partial charge >= 0.3 is 0 Å². The van der Waals surface area contributed by atoms with Gasteiger partial charge in [0.25, 0.3) is 0 Å². The maximum atomic E-state index is 10.2. The molecular weight excluding hydrogens is 248 g/mol. The van der Waals surface area contributed by atoms with Gasteiger partial charge < -0.3 is 10.2 Å². The van der Waals surface area contributed by atoms with Gasteiger partial charge in [0, 0.05) is 0 Å². The zero-order chi connectivity index (χ0) is 14.5. The third kappa shape index (κ3) is 2.92. The molecule has 0 heterocycles. The van der Waals surface area contributed by atoms with Crippen molar-refractivity contribution in [2.75, 3.05) is 0 Å². The molecule has 2 heteroatoms. The summed E-state index contributed by atoms with van der Waals surface area (Å²) in [5.74, 6) is 0. The number of aliphatic hydroxyl groups excluding tert-OH is 2. The van der Waals surface area contributed by atoms with E-state index in [0.717, 1.165) is 22.3 Å². The molecule has 0 aliphatic rings. The molecule has 0 saturated heterocycles. The van der Waals surface area contributed by atoms with Gasteiger partial charge in [-0.25, -0.2) is 0 Å². The first-order valence-corrected chi connectivity index (χ1v) is 7.23. The summed E-state index contributed by atoms with van der Waals surface area (Å²) in [6, 6.07) is 15.8. The summed E-state index contributed by atoms with van der Waals surface area (Å²) in [7, 11) is 0. The summed E-state index contributed by atoms with van der Waals surface area (Å²) < 4.78 is 0. The Balaban J connectivity index is 2.57. The van der Waals surface area contributed by atoms with Crippen LogP contribution in [0.5, 0.6) is 0 Å². The summed E-state index contributed by atoms with van der Waals surface area (Å²) >= 11 is 0. The number of hydrogen-bond donors (Lipinski definition) is 2. The van der Waals surface area contributed by atoms with Crippen LogP contribution in [0.4, 0.5) is 0 Å². The minimum atomic E-state index is -0.474. The number of hydrogen-bond acceptors (Lipinski definition) is 2. The molecule has 20 heavy (non-hydrogen) atoms. The maximum Gasteiger partial charge on any atom is 0.0793 e. The van der Waals surface area contributed by atoms with Crippen molar-refractivity contribution in [2.24, 2.45) is 0 Å². The molecule has 0 aromatic heterocycles. The lowest BCUT2D eigenvalue weighted by Crippen LogP contribution is -2.02. The highest BCUT2D eigenvalue weighted by Crippen LogP contribution is 2.34. The zero-order valence-electron chi connectivity index (χ0n) is 12.1. The predicted octanol–water partition coefficient (Wildman–Crippen LogP) is 4.24. The highest BCUT2D eigenvalue weighted by molar-refractivity contribution is 5.71. The van der Waals surface area contributed by atoms with Crippen LogP contribution in [0.15, 0.2) is 48.5 Å². The molecule has 2 nitrogen and oxygen atoms in total. The highest BCUT2D eigenvalue weighted by Gasteiger charge is 2.16. The smallest absolute Gasteiger partial charge is 0.0793 e. The molecule has 2 rings (SSSR count). The van der Waals surface area contributed by atoms with E-state index in [1.165, 1.54) is 0 Å². The first-order valence-electron chi connectivity index (χ1n) is 7.23. The third-order valence-corrected chi connectivity index (χ3v) is 3.70. The maximum absolute atomic E-state index is 10.2.